The van der Waals surface area contributed by atoms with Gasteiger partial charge in [-0.2, -0.15) is 0 Å². The zero-order valence-electron chi connectivity index (χ0n) is 15.4. The van der Waals surface area contributed by atoms with E-state index in [9.17, 15) is 13.2 Å². The molecule has 0 fully saturated rings. The first kappa shape index (κ1) is 19.6. The minimum atomic E-state index is -3.79. The van der Waals surface area contributed by atoms with Crippen LogP contribution >= 0.6 is 11.8 Å². The summed E-state index contributed by atoms with van der Waals surface area (Å²) < 4.78 is 33.9. The summed E-state index contributed by atoms with van der Waals surface area (Å²) in [6, 6.07) is 11.8. The van der Waals surface area contributed by atoms with Gasteiger partial charge < -0.3 is 9.64 Å². The van der Waals surface area contributed by atoms with Crippen molar-refractivity contribution in [3.8, 4) is 5.75 Å². The molecule has 1 aliphatic rings. The molecule has 0 bridgehead atoms. The molecule has 1 N–H and O–H groups in total. The van der Waals surface area contributed by atoms with E-state index in [0.717, 1.165) is 10.6 Å². The van der Waals surface area contributed by atoms with Crippen LogP contribution < -0.4 is 14.4 Å². The van der Waals surface area contributed by atoms with Gasteiger partial charge >= 0.3 is 0 Å². The SMILES string of the molecule is CCOc1ccccc1NS(=O)(=O)c1ccc2c(c1)SC(C)CN2C(C)=O. The van der Waals surface area contributed by atoms with Gasteiger partial charge in [-0.25, -0.2) is 8.42 Å². The number of benzene rings is 2. The highest BCUT2D eigenvalue weighted by atomic mass is 32.2. The second kappa shape index (κ2) is 7.82. The fraction of sp³-hybridized carbons (Fsp3) is 0.316. The second-order valence-corrected chi connectivity index (χ2v) is 9.38. The average molecular weight is 407 g/mol. The van der Waals surface area contributed by atoms with Gasteiger partial charge in [-0.1, -0.05) is 19.1 Å². The third-order valence-electron chi connectivity index (χ3n) is 4.11. The number of fused-ring (bicyclic) bond motifs is 1. The number of anilines is 2. The number of carbonyl (C=O) groups excluding carboxylic acids is 1. The lowest BCUT2D eigenvalue weighted by atomic mass is 10.2. The van der Waals surface area contributed by atoms with Crippen molar-refractivity contribution < 1.29 is 17.9 Å². The summed E-state index contributed by atoms with van der Waals surface area (Å²) in [5, 5.41) is 0.186. The number of nitrogens with zero attached hydrogens (tertiary/aromatic N) is 1. The predicted molar refractivity (Wildman–Crippen MR) is 108 cm³/mol. The van der Waals surface area contributed by atoms with Gasteiger partial charge in [-0.3, -0.25) is 9.52 Å². The smallest absolute Gasteiger partial charge is 0.262 e. The van der Waals surface area contributed by atoms with Gasteiger partial charge in [0.25, 0.3) is 10.0 Å². The minimum absolute atomic E-state index is 0.0530. The molecule has 8 heteroatoms. The van der Waals surface area contributed by atoms with Gasteiger partial charge in [-0.15, -0.1) is 11.8 Å². The minimum Gasteiger partial charge on any atom is -0.492 e. The van der Waals surface area contributed by atoms with Crippen LogP contribution in [0.15, 0.2) is 52.3 Å². The van der Waals surface area contributed by atoms with Gasteiger partial charge in [0.05, 0.1) is 22.9 Å². The number of hydrogen-bond donors (Lipinski definition) is 1. The molecule has 6 nitrogen and oxygen atoms in total. The Morgan fingerprint density at radius 3 is 2.74 bits per heavy atom. The number of carbonyl (C=O) groups is 1. The molecule has 1 aliphatic heterocycles. The summed E-state index contributed by atoms with van der Waals surface area (Å²) in [5.74, 6) is 0.426. The lowest BCUT2D eigenvalue weighted by Gasteiger charge is -2.32. The molecule has 1 unspecified atom stereocenters. The fourth-order valence-corrected chi connectivity index (χ4v) is 5.24. The van der Waals surface area contributed by atoms with E-state index < -0.39 is 10.0 Å². The molecule has 0 aromatic heterocycles. The van der Waals surface area contributed by atoms with Gasteiger partial charge in [0, 0.05) is 23.6 Å². The highest BCUT2D eigenvalue weighted by Crippen LogP contribution is 2.40. The predicted octanol–water partition coefficient (Wildman–Crippen LogP) is 3.73. The van der Waals surface area contributed by atoms with Crippen LogP contribution in [0.25, 0.3) is 0 Å². The zero-order chi connectivity index (χ0) is 19.6. The third-order valence-corrected chi connectivity index (χ3v) is 6.61. The first-order chi connectivity index (χ1) is 12.8. The van der Waals surface area contributed by atoms with E-state index in [-0.39, 0.29) is 16.1 Å². The van der Waals surface area contributed by atoms with Crippen molar-refractivity contribution in [3.63, 3.8) is 0 Å². The molecule has 1 atom stereocenters. The van der Waals surface area contributed by atoms with E-state index in [1.165, 1.54) is 13.0 Å². The summed E-state index contributed by atoms with van der Waals surface area (Å²) in [6.45, 7) is 6.42. The Morgan fingerprint density at radius 2 is 2.04 bits per heavy atom. The van der Waals surface area contributed by atoms with E-state index in [4.69, 9.17) is 4.74 Å². The van der Waals surface area contributed by atoms with Crippen molar-refractivity contribution in [2.45, 2.75) is 35.8 Å². The van der Waals surface area contributed by atoms with Crippen LogP contribution in [0.5, 0.6) is 5.75 Å². The number of hydrogen-bond acceptors (Lipinski definition) is 5. The highest BCUT2D eigenvalue weighted by molar-refractivity contribution is 8.00. The normalized spacial score (nSPS) is 16.6. The molecular weight excluding hydrogens is 384 g/mol. The Morgan fingerprint density at radius 1 is 1.30 bits per heavy atom. The third kappa shape index (κ3) is 4.22. The summed E-state index contributed by atoms with van der Waals surface area (Å²) in [6.07, 6.45) is 0. The van der Waals surface area contributed by atoms with Crippen LogP contribution in [-0.4, -0.2) is 32.7 Å². The van der Waals surface area contributed by atoms with Gasteiger partial charge in [0.1, 0.15) is 5.75 Å². The highest BCUT2D eigenvalue weighted by Gasteiger charge is 2.27. The van der Waals surface area contributed by atoms with Crippen LogP contribution in [0.3, 0.4) is 0 Å². The first-order valence-corrected chi connectivity index (χ1v) is 11.0. The van der Waals surface area contributed by atoms with Crippen molar-refractivity contribution >= 4 is 39.1 Å². The molecule has 0 radical (unpaired) electrons. The molecule has 1 heterocycles. The fourth-order valence-electron chi connectivity index (χ4n) is 2.92. The number of nitrogens with one attached hydrogen (secondary N) is 1. The van der Waals surface area contributed by atoms with Crippen molar-refractivity contribution in [1.82, 2.24) is 0 Å². The first-order valence-electron chi connectivity index (χ1n) is 8.65. The number of sulfonamides is 1. The maximum Gasteiger partial charge on any atom is 0.262 e. The number of para-hydroxylation sites is 2. The topological polar surface area (TPSA) is 75.7 Å². The number of rotatable bonds is 5. The summed E-state index contributed by atoms with van der Waals surface area (Å²) >= 11 is 1.57. The molecule has 2 aromatic rings. The van der Waals surface area contributed by atoms with Crippen molar-refractivity contribution in [1.29, 1.82) is 0 Å². The van der Waals surface area contributed by atoms with Crippen molar-refractivity contribution in [2.75, 3.05) is 22.8 Å². The Balaban J connectivity index is 1.95. The van der Waals surface area contributed by atoms with Crippen LogP contribution in [-0.2, 0) is 14.8 Å². The van der Waals surface area contributed by atoms with Gasteiger partial charge in [0.2, 0.25) is 5.91 Å². The number of amides is 1. The molecule has 27 heavy (non-hydrogen) atoms. The Labute approximate surface area is 164 Å². The van der Waals surface area contributed by atoms with E-state index in [1.807, 2.05) is 13.8 Å². The molecule has 0 aliphatic carbocycles. The Hall–Kier alpha value is -2.19. The van der Waals surface area contributed by atoms with E-state index in [2.05, 4.69) is 4.72 Å². The zero-order valence-corrected chi connectivity index (χ0v) is 17.1. The van der Waals surface area contributed by atoms with Gasteiger partial charge in [0.15, 0.2) is 0 Å². The monoisotopic (exact) mass is 406 g/mol. The van der Waals surface area contributed by atoms with Crippen LogP contribution in [0.2, 0.25) is 0 Å². The van der Waals surface area contributed by atoms with E-state index in [0.29, 0.717) is 24.6 Å². The molecule has 1 amide bonds. The van der Waals surface area contributed by atoms with Crippen LogP contribution in [0, 0.1) is 0 Å². The van der Waals surface area contributed by atoms with Crippen molar-refractivity contribution in [2.24, 2.45) is 0 Å². The largest absolute Gasteiger partial charge is 0.492 e. The summed E-state index contributed by atoms with van der Waals surface area (Å²) in [7, 11) is -3.79. The molecule has 2 aromatic carbocycles. The molecule has 0 saturated heterocycles. The second-order valence-electron chi connectivity index (χ2n) is 6.22. The molecular formula is C19H22N2O4S2. The van der Waals surface area contributed by atoms with Gasteiger partial charge in [-0.05, 0) is 37.3 Å². The maximum atomic E-state index is 12.9. The van der Waals surface area contributed by atoms with E-state index in [1.54, 1.807) is 53.1 Å². The standard InChI is InChI=1S/C19H22N2O4S2/c1-4-25-18-8-6-5-7-16(18)20-27(23,24)15-9-10-17-19(11-15)26-13(2)12-21(17)14(3)22/h5-11,13,20H,4,12H2,1-3H3. The lowest BCUT2D eigenvalue weighted by Crippen LogP contribution is -2.37. The molecule has 0 spiro atoms. The van der Waals surface area contributed by atoms with Crippen molar-refractivity contribution in [3.05, 3.63) is 42.5 Å². The molecule has 3 rings (SSSR count). The molecule has 144 valence electrons. The Bertz CT molecular complexity index is 960. The summed E-state index contributed by atoms with van der Waals surface area (Å²) in [5.41, 5.74) is 1.14. The Kier molecular flexibility index (Phi) is 5.67. The van der Waals surface area contributed by atoms with E-state index >= 15 is 0 Å². The maximum absolute atomic E-state index is 12.9. The number of thioether (sulfide) groups is 1. The lowest BCUT2D eigenvalue weighted by molar-refractivity contribution is -0.116. The average Bonchev–Trinajstić information content (AvgIpc) is 2.62. The van der Waals surface area contributed by atoms with Crippen LogP contribution in [0.1, 0.15) is 20.8 Å². The molecule has 0 saturated carbocycles. The summed E-state index contributed by atoms with van der Waals surface area (Å²) in [4.78, 5) is 14.5. The quantitative estimate of drug-likeness (QED) is 0.819. The number of ether oxygens (including phenoxy) is 1. The van der Waals surface area contributed by atoms with Crippen LogP contribution in [0.4, 0.5) is 11.4 Å².